The van der Waals surface area contributed by atoms with Gasteiger partial charge in [-0.25, -0.2) is 0 Å². The van der Waals surface area contributed by atoms with Crippen LogP contribution < -0.4 is 9.47 Å². The standard InChI is InChI=1S/C25H26ClNO4S/c1-4-7-19-13-18(15-22-24(28)27(12-5-2)25(29)32-22)14-21(30-6-3)23(19)31-16-17-8-10-20(26)11-9-17/h4,8-11,13-15H,1,5-7,12,16H2,2-3H3/b22-15+. The average molecular weight is 472 g/mol. The van der Waals surface area contributed by atoms with Gasteiger partial charge in [0.2, 0.25) is 0 Å². The summed E-state index contributed by atoms with van der Waals surface area (Å²) in [5.41, 5.74) is 2.64. The number of thioether (sulfide) groups is 1. The predicted molar refractivity (Wildman–Crippen MR) is 130 cm³/mol. The van der Waals surface area contributed by atoms with Crippen LogP contribution in [0.1, 0.15) is 37.0 Å². The second kappa shape index (κ2) is 11.2. The molecule has 0 spiro atoms. The van der Waals surface area contributed by atoms with Crippen LogP contribution in [0.4, 0.5) is 4.79 Å². The van der Waals surface area contributed by atoms with Crippen molar-refractivity contribution in [2.24, 2.45) is 0 Å². The van der Waals surface area contributed by atoms with Crippen LogP contribution in [-0.2, 0) is 17.8 Å². The van der Waals surface area contributed by atoms with Crippen molar-refractivity contribution in [3.05, 3.63) is 75.7 Å². The number of benzene rings is 2. The molecule has 5 nitrogen and oxygen atoms in total. The molecule has 7 heteroatoms. The molecule has 168 valence electrons. The zero-order valence-corrected chi connectivity index (χ0v) is 19.8. The number of amides is 2. The topological polar surface area (TPSA) is 55.8 Å². The fourth-order valence-corrected chi connectivity index (χ4v) is 4.30. The van der Waals surface area contributed by atoms with Gasteiger partial charge in [0.05, 0.1) is 11.5 Å². The minimum absolute atomic E-state index is 0.234. The molecule has 0 saturated carbocycles. The zero-order valence-electron chi connectivity index (χ0n) is 18.2. The maximum Gasteiger partial charge on any atom is 0.293 e. The molecule has 1 fully saturated rings. The van der Waals surface area contributed by atoms with Crippen molar-refractivity contribution in [3.8, 4) is 11.5 Å². The molecule has 32 heavy (non-hydrogen) atoms. The van der Waals surface area contributed by atoms with Crippen molar-refractivity contribution in [2.75, 3.05) is 13.2 Å². The van der Waals surface area contributed by atoms with Gasteiger partial charge < -0.3 is 9.47 Å². The number of nitrogens with zero attached hydrogens (tertiary/aromatic N) is 1. The van der Waals surface area contributed by atoms with E-state index in [1.54, 1.807) is 12.2 Å². The maximum absolute atomic E-state index is 12.6. The number of imide groups is 1. The summed E-state index contributed by atoms with van der Waals surface area (Å²) < 4.78 is 12.0. The highest BCUT2D eigenvalue weighted by molar-refractivity contribution is 8.18. The summed E-state index contributed by atoms with van der Waals surface area (Å²) in [4.78, 5) is 26.5. The van der Waals surface area contributed by atoms with Gasteiger partial charge in [0, 0.05) is 17.1 Å². The monoisotopic (exact) mass is 471 g/mol. The van der Waals surface area contributed by atoms with Gasteiger partial charge in [-0.05, 0) is 73.0 Å². The number of allylic oxidation sites excluding steroid dienone is 1. The highest BCUT2D eigenvalue weighted by Crippen LogP contribution is 2.37. The van der Waals surface area contributed by atoms with Crippen molar-refractivity contribution in [1.82, 2.24) is 4.90 Å². The molecule has 1 aliphatic heterocycles. The third-order valence-electron chi connectivity index (χ3n) is 4.73. The van der Waals surface area contributed by atoms with Gasteiger partial charge in [-0.1, -0.05) is 36.7 Å². The van der Waals surface area contributed by atoms with Crippen molar-refractivity contribution < 1.29 is 19.1 Å². The van der Waals surface area contributed by atoms with Crippen LogP contribution in [0.2, 0.25) is 5.02 Å². The van der Waals surface area contributed by atoms with E-state index in [2.05, 4.69) is 6.58 Å². The molecule has 0 atom stereocenters. The highest BCUT2D eigenvalue weighted by Gasteiger charge is 2.34. The van der Waals surface area contributed by atoms with E-state index in [-0.39, 0.29) is 11.1 Å². The zero-order chi connectivity index (χ0) is 23.1. The van der Waals surface area contributed by atoms with Crippen LogP contribution in [-0.4, -0.2) is 29.2 Å². The Balaban J connectivity index is 1.93. The van der Waals surface area contributed by atoms with Crippen LogP contribution in [0, 0.1) is 0 Å². The molecule has 1 aliphatic rings. The third kappa shape index (κ3) is 5.75. The first-order valence-corrected chi connectivity index (χ1v) is 11.7. The summed E-state index contributed by atoms with van der Waals surface area (Å²) in [5.74, 6) is 0.964. The molecule has 2 aromatic rings. The Kier molecular flexibility index (Phi) is 8.42. The van der Waals surface area contributed by atoms with Crippen LogP contribution in [0.3, 0.4) is 0 Å². The summed E-state index contributed by atoms with van der Waals surface area (Å²) in [6.45, 7) is 8.93. The second-order valence-electron chi connectivity index (χ2n) is 7.18. The van der Waals surface area contributed by atoms with Gasteiger partial charge in [0.25, 0.3) is 11.1 Å². The molecule has 1 heterocycles. The van der Waals surface area contributed by atoms with E-state index in [4.69, 9.17) is 21.1 Å². The molecular formula is C25H26ClNO4S. The smallest absolute Gasteiger partial charge is 0.293 e. The molecule has 0 radical (unpaired) electrons. The fourth-order valence-electron chi connectivity index (χ4n) is 3.30. The number of hydrogen-bond acceptors (Lipinski definition) is 5. The Bertz CT molecular complexity index is 1030. The summed E-state index contributed by atoms with van der Waals surface area (Å²) in [5, 5.41) is 0.436. The van der Waals surface area contributed by atoms with Crippen molar-refractivity contribution in [1.29, 1.82) is 0 Å². The molecule has 2 aromatic carbocycles. The van der Waals surface area contributed by atoms with Gasteiger partial charge in [-0.2, -0.15) is 0 Å². The summed E-state index contributed by atoms with van der Waals surface area (Å²) >= 11 is 6.93. The Morgan fingerprint density at radius 3 is 2.53 bits per heavy atom. The minimum Gasteiger partial charge on any atom is -0.490 e. The van der Waals surface area contributed by atoms with Gasteiger partial charge in [-0.15, -0.1) is 6.58 Å². The quantitative estimate of drug-likeness (QED) is 0.292. The Hall–Kier alpha value is -2.70. The van der Waals surface area contributed by atoms with Gasteiger partial charge in [0.1, 0.15) is 6.61 Å². The summed E-state index contributed by atoms with van der Waals surface area (Å²) in [6, 6.07) is 11.2. The van der Waals surface area contributed by atoms with Crippen molar-refractivity contribution in [3.63, 3.8) is 0 Å². The van der Waals surface area contributed by atoms with E-state index in [0.717, 1.165) is 34.9 Å². The molecule has 2 amide bonds. The lowest BCUT2D eigenvalue weighted by Crippen LogP contribution is -2.28. The number of rotatable bonds is 10. The van der Waals surface area contributed by atoms with Gasteiger partial charge in [-0.3, -0.25) is 14.5 Å². The SMILES string of the molecule is C=CCc1cc(/C=C2/SC(=O)N(CCC)C2=O)cc(OCC)c1OCc1ccc(Cl)cc1. The normalized spacial score (nSPS) is 14.8. The van der Waals surface area contributed by atoms with Crippen LogP contribution in [0.5, 0.6) is 11.5 Å². The van der Waals surface area contributed by atoms with Gasteiger partial charge >= 0.3 is 0 Å². The van der Waals surface area contributed by atoms with Crippen LogP contribution in [0.15, 0.2) is 54.0 Å². The third-order valence-corrected chi connectivity index (χ3v) is 5.89. The first-order chi connectivity index (χ1) is 15.5. The first kappa shape index (κ1) is 24.0. The van der Waals surface area contributed by atoms with Crippen molar-refractivity contribution >= 4 is 40.6 Å². The van der Waals surface area contributed by atoms with E-state index < -0.39 is 0 Å². The summed E-state index contributed by atoms with van der Waals surface area (Å²) in [7, 11) is 0. The minimum atomic E-state index is -0.256. The second-order valence-corrected chi connectivity index (χ2v) is 8.61. The largest absolute Gasteiger partial charge is 0.490 e. The van der Waals surface area contributed by atoms with Crippen LogP contribution in [0.25, 0.3) is 6.08 Å². The Morgan fingerprint density at radius 1 is 1.12 bits per heavy atom. The van der Waals surface area contributed by atoms with E-state index in [9.17, 15) is 9.59 Å². The fraction of sp³-hybridized carbons (Fsp3) is 0.280. The lowest BCUT2D eigenvalue weighted by Gasteiger charge is -2.17. The molecule has 0 unspecified atom stereocenters. The lowest BCUT2D eigenvalue weighted by atomic mass is 10.0. The summed E-state index contributed by atoms with van der Waals surface area (Å²) in [6.07, 6.45) is 4.82. The lowest BCUT2D eigenvalue weighted by molar-refractivity contribution is -0.122. The van der Waals surface area contributed by atoms with Gasteiger partial charge in [0.15, 0.2) is 11.5 Å². The highest BCUT2D eigenvalue weighted by atomic mass is 35.5. The number of carbonyl (C=O) groups excluding carboxylic acids is 2. The number of halogens is 1. The van der Waals surface area contributed by atoms with E-state index in [1.807, 2.05) is 50.2 Å². The van der Waals surface area contributed by atoms with Crippen LogP contribution >= 0.6 is 23.4 Å². The predicted octanol–water partition coefficient (Wildman–Crippen LogP) is 6.49. The Morgan fingerprint density at radius 2 is 1.88 bits per heavy atom. The number of hydrogen-bond donors (Lipinski definition) is 0. The molecule has 0 aromatic heterocycles. The van der Waals surface area contributed by atoms with Crippen molar-refractivity contribution in [2.45, 2.75) is 33.3 Å². The van der Waals surface area contributed by atoms with E-state index in [0.29, 0.717) is 47.6 Å². The maximum atomic E-state index is 12.6. The molecule has 0 bridgehead atoms. The van der Waals surface area contributed by atoms with E-state index >= 15 is 0 Å². The Labute approximate surface area is 198 Å². The molecule has 3 rings (SSSR count). The first-order valence-electron chi connectivity index (χ1n) is 10.5. The van der Waals surface area contributed by atoms with E-state index in [1.165, 1.54) is 4.90 Å². The number of ether oxygens (including phenoxy) is 2. The molecule has 0 N–H and O–H groups in total. The number of carbonyl (C=O) groups is 2. The molecule has 0 aliphatic carbocycles. The average Bonchev–Trinajstić information content (AvgIpc) is 3.02. The molecular weight excluding hydrogens is 446 g/mol. The molecule has 1 saturated heterocycles.